The summed E-state index contributed by atoms with van der Waals surface area (Å²) in [6.07, 6.45) is -0.773. The van der Waals surface area contributed by atoms with Crippen LogP contribution in [0, 0.1) is 0 Å². The van der Waals surface area contributed by atoms with E-state index in [1.165, 1.54) is 11.8 Å². The van der Waals surface area contributed by atoms with Crippen molar-refractivity contribution < 1.29 is 19.8 Å². The lowest BCUT2D eigenvalue weighted by Crippen LogP contribution is -2.48. The predicted molar refractivity (Wildman–Crippen MR) is 52.1 cm³/mol. The molecule has 2 N–H and O–H groups in total. The highest BCUT2D eigenvalue weighted by atomic mass is 79.9. The van der Waals surface area contributed by atoms with Crippen molar-refractivity contribution in [2.75, 3.05) is 6.54 Å². The molecule has 6 heteroatoms. The number of alkyl halides is 1. The standard InChI is InChI=1S/C8H12BrNO4/c1-4(11)7(8(13)14)10-3-5(9)2-6(10)12/h4-5,7,11H,2-3H2,1H3,(H,13,14)/t4-,5?,7+/m0/s1. The summed E-state index contributed by atoms with van der Waals surface area (Å²) in [7, 11) is 0. The maximum Gasteiger partial charge on any atom is 0.329 e. The Kier molecular flexibility index (Phi) is 3.49. The Morgan fingerprint density at radius 2 is 2.29 bits per heavy atom. The zero-order valence-electron chi connectivity index (χ0n) is 7.68. The highest BCUT2D eigenvalue weighted by molar-refractivity contribution is 9.09. The highest BCUT2D eigenvalue weighted by Gasteiger charge is 2.39. The Bertz CT molecular complexity index is 256. The van der Waals surface area contributed by atoms with Gasteiger partial charge < -0.3 is 15.1 Å². The Labute approximate surface area is 89.8 Å². The Morgan fingerprint density at radius 1 is 1.71 bits per heavy atom. The number of aliphatic hydroxyl groups is 1. The van der Waals surface area contributed by atoms with Crippen LogP contribution >= 0.6 is 15.9 Å². The molecule has 1 rings (SSSR count). The van der Waals surface area contributed by atoms with Crippen LogP contribution in [-0.2, 0) is 9.59 Å². The fourth-order valence-corrected chi connectivity index (χ4v) is 2.14. The second-order valence-electron chi connectivity index (χ2n) is 3.37. The Morgan fingerprint density at radius 3 is 2.57 bits per heavy atom. The zero-order valence-corrected chi connectivity index (χ0v) is 9.27. The molecule has 0 aromatic heterocycles. The van der Waals surface area contributed by atoms with E-state index in [1.54, 1.807) is 0 Å². The first-order valence-corrected chi connectivity index (χ1v) is 5.19. The van der Waals surface area contributed by atoms with Gasteiger partial charge in [-0.2, -0.15) is 0 Å². The molecular weight excluding hydrogens is 254 g/mol. The van der Waals surface area contributed by atoms with Gasteiger partial charge in [-0.3, -0.25) is 4.79 Å². The van der Waals surface area contributed by atoms with Crippen LogP contribution in [0.1, 0.15) is 13.3 Å². The van der Waals surface area contributed by atoms with Crippen molar-refractivity contribution in [2.45, 2.75) is 30.3 Å². The summed E-state index contributed by atoms with van der Waals surface area (Å²) in [5, 5.41) is 18.1. The molecule has 0 aliphatic carbocycles. The van der Waals surface area contributed by atoms with Gasteiger partial charge in [-0.1, -0.05) is 15.9 Å². The van der Waals surface area contributed by atoms with E-state index >= 15 is 0 Å². The molecule has 5 nitrogen and oxygen atoms in total. The van der Waals surface area contributed by atoms with Crippen LogP contribution in [0.3, 0.4) is 0 Å². The van der Waals surface area contributed by atoms with E-state index < -0.39 is 18.1 Å². The van der Waals surface area contributed by atoms with Crippen molar-refractivity contribution in [3.8, 4) is 0 Å². The van der Waals surface area contributed by atoms with Crippen molar-refractivity contribution in [2.24, 2.45) is 0 Å². The number of amides is 1. The predicted octanol–water partition coefficient (Wildman–Crippen LogP) is -0.184. The zero-order chi connectivity index (χ0) is 10.9. The molecule has 0 aromatic rings. The summed E-state index contributed by atoms with van der Waals surface area (Å²) >= 11 is 3.25. The first-order valence-electron chi connectivity index (χ1n) is 4.28. The molecule has 1 saturated heterocycles. The lowest BCUT2D eigenvalue weighted by molar-refractivity contribution is -0.152. The Balaban J connectivity index is 2.79. The second-order valence-corrected chi connectivity index (χ2v) is 4.67. The minimum absolute atomic E-state index is 0.0180. The quantitative estimate of drug-likeness (QED) is 0.694. The van der Waals surface area contributed by atoms with Gasteiger partial charge in [0.1, 0.15) is 0 Å². The molecule has 1 fully saturated rings. The van der Waals surface area contributed by atoms with E-state index in [0.717, 1.165) is 0 Å². The normalized spacial score (nSPS) is 26.4. The lowest BCUT2D eigenvalue weighted by atomic mass is 10.1. The molecule has 1 aliphatic heterocycles. The van der Waals surface area contributed by atoms with Gasteiger partial charge in [0.2, 0.25) is 5.91 Å². The van der Waals surface area contributed by atoms with Crippen LogP contribution in [0.15, 0.2) is 0 Å². The van der Waals surface area contributed by atoms with Crippen molar-refractivity contribution >= 4 is 27.8 Å². The van der Waals surface area contributed by atoms with Crippen LogP contribution in [0.2, 0.25) is 0 Å². The molecule has 0 radical (unpaired) electrons. The van der Waals surface area contributed by atoms with Crippen LogP contribution in [0.4, 0.5) is 0 Å². The SMILES string of the molecule is C[C@H](O)[C@H](C(=O)O)N1CC(Br)CC1=O. The molecule has 80 valence electrons. The number of carbonyl (C=O) groups excluding carboxylic acids is 1. The van der Waals surface area contributed by atoms with Crippen molar-refractivity contribution in [1.29, 1.82) is 0 Å². The third-order valence-corrected chi connectivity index (χ3v) is 2.77. The van der Waals surface area contributed by atoms with Gasteiger partial charge in [-0.05, 0) is 6.92 Å². The van der Waals surface area contributed by atoms with E-state index in [2.05, 4.69) is 15.9 Å². The largest absolute Gasteiger partial charge is 0.480 e. The molecular formula is C8H12BrNO4. The van der Waals surface area contributed by atoms with E-state index in [0.29, 0.717) is 6.54 Å². The molecule has 1 amide bonds. The number of carbonyl (C=O) groups is 2. The number of aliphatic carboxylic acids is 1. The maximum absolute atomic E-state index is 11.4. The second kappa shape index (κ2) is 4.27. The van der Waals surface area contributed by atoms with Gasteiger partial charge in [-0.15, -0.1) is 0 Å². The molecule has 1 aliphatic rings. The van der Waals surface area contributed by atoms with Crippen LogP contribution in [0.25, 0.3) is 0 Å². The van der Waals surface area contributed by atoms with E-state index in [1.807, 2.05) is 0 Å². The number of rotatable bonds is 3. The molecule has 3 atom stereocenters. The van der Waals surface area contributed by atoms with Crippen LogP contribution in [-0.4, -0.2) is 50.5 Å². The van der Waals surface area contributed by atoms with Gasteiger partial charge in [0.05, 0.1) is 6.10 Å². The monoisotopic (exact) mass is 265 g/mol. The summed E-state index contributed by atoms with van der Waals surface area (Å²) in [6.45, 7) is 1.70. The minimum atomic E-state index is -1.17. The minimum Gasteiger partial charge on any atom is -0.480 e. The summed E-state index contributed by atoms with van der Waals surface area (Å²) in [5.74, 6) is -1.41. The molecule has 1 heterocycles. The number of hydrogen-bond acceptors (Lipinski definition) is 3. The number of carboxylic acid groups (broad SMARTS) is 1. The number of likely N-dealkylation sites (tertiary alicyclic amines) is 1. The van der Waals surface area contributed by atoms with Crippen molar-refractivity contribution in [1.82, 2.24) is 4.90 Å². The topological polar surface area (TPSA) is 77.8 Å². The molecule has 0 aromatic carbocycles. The Hall–Kier alpha value is -0.620. The van der Waals surface area contributed by atoms with Gasteiger partial charge in [0.25, 0.3) is 0 Å². The molecule has 1 unspecified atom stereocenters. The smallest absolute Gasteiger partial charge is 0.329 e. The molecule has 0 spiro atoms. The average Bonchev–Trinajstić information content (AvgIpc) is 2.29. The van der Waals surface area contributed by atoms with Gasteiger partial charge in [0, 0.05) is 17.8 Å². The number of halogens is 1. The number of aliphatic hydroxyl groups excluding tert-OH is 1. The number of nitrogens with zero attached hydrogens (tertiary/aromatic N) is 1. The van der Waals surface area contributed by atoms with E-state index in [-0.39, 0.29) is 17.2 Å². The number of carboxylic acids is 1. The average molecular weight is 266 g/mol. The van der Waals surface area contributed by atoms with Crippen LogP contribution < -0.4 is 0 Å². The third-order valence-electron chi connectivity index (χ3n) is 2.16. The fraction of sp³-hybridized carbons (Fsp3) is 0.750. The van der Waals surface area contributed by atoms with Crippen molar-refractivity contribution in [3.63, 3.8) is 0 Å². The third kappa shape index (κ3) is 2.24. The first kappa shape index (κ1) is 11.5. The van der Waals surface area contributed by atoms with E-state index in [4.69, 9.17) is 5.11 Å². The van der Waals surface area contributed by atoms with Gasteiger partial charge in [0.15, 0.2) is 6.04 Å². The molecule has 14 heavy (non-hydrogen) atoms. The summed E-state index contributed by atoms with van der Waals surface area (Å²) in [4.78, 5) is 23.4. The maximum atomic E-state index is 11.4. The van der Waals surface area contributed by atoms with Crippen molar-refractivity contribution in [3.05, 3.63) is 0 Å². The summed E-state index contributed by atoms with van der Waals surface area (Å²) < 4.78 is 0. The van der Waals surface area contributed by atoms with E-state index in [9.17, 15) is 14.7 Å². The highest BCUT2D eigenvalue weighted by Crippen LogP contribution is 2.21. The number of hydrogen-bond donors (Lipinski definition) is 2. The van der Waals surface area contributed by atoms with Gasteiger partial charge >= 0.3 is 5.97 Å². The van der Waals surface area contributed by atoms with Crippen LogP contribution in [0.5, 0.6) is 0 Å². The summed E-state index contributed by atoms with van der Waals surface area (Å²) in [5.41, 5.74) is 0. The lowest BCUT2D eigenvalue weighted by Gasteiger charge is -2.26. The fourth-order valence-electron chi connectivity index (χ4n) is 1.56. The first-order chi connectivity index (χ1) is 6.43. The van der Waals surface area contributed by atoms with Gasteiger partial charge in [-0.25, -0.2) is 4.79 Å². The summed E-state index contributed by atoms with van der Waals surface area (Å²) in [6, 6.07) is -1.13. The molecule has 0 bridgehead atoms. The molecule has 0 saturated carbocycles.